The molecule has 2 aromatic carbocycles. The molecule has 0 unspecified atom stereocenters. The van der Waals surface area contributed by atoms with Gasteiger partial charge in [0.1, 0.15) is 5.84 Å². The number of hydrogen-bond acceptors (Lipinski definition) is 3. The minimum atomic E-state index is 0.0462. The van der Waals surface area contributed by atoms with E-state index in [0.29, 0.717) is 5.56 Å². The SMILES string of the molecule is N=C(N)c1cc(Br)ccc1Sc1nc2ccccc2[nH]1. The molecule has 0 fully saturated rings. The van der Waals surface area contributed by atoms with E-state index in [2.05, 4.69) is 25.9 Å². The molecule has 4 nitrogen and oxygen atoms in total. The molecule has 0 spiro atoms. The van der Waals surface area contributed by atoms with Gasteiger partial charge in [0.05, 0.1) is 11.0 Å². The highest BCUT2D eigenvalue weighted by atomic mass is 79.9. The zero-order chi connectivity index (χ0) is 14.1. The Labute approximate surface area is 128 Å². The van der Waals surface area contributed by atoms with Gasteiger partial charge in [-0.05, 0) is 30.3 Å². The van der Waals surface area contributed by atoms with Crippen molar-refractivity contribution in [2.45, 2.75) is 10.1 Å². The van der Waals surface area contributed by atoms with Crippen molar-refractivity contribution in [1.29, 1.82) is 5.41 Å². The Hall–Kier alpha value is -1.79. The van der Waals surface area contributed by atoms with Gasteiger partial charge in [0.25, 0.3) is 0 Å². The molecule has 1 aromatic heterocycles. The van der Waals surface area contributed by atoms with E-state index in [9.17, 15) is 0 Å². The third-order valence-electron chi connectivity index (χ3n) is 2.81. The summed E-state index contributed by atoms with van der Waals surface area (Å²) >= 11 is 4.86. The number of benzene rings is 2. The van der Waals surface area contributed by atoms with Crippen molar-refractivity contribution >= 4 is 44.6 Å². The summed E-state index contributed by atoms with van der Waals surface area (Å²) in [6.07, 6.45) is 0. The fraction of sp³-hybridized carbons (Fsp3) is 0. The van der Waals surface area contributed by atoms with Crippen LogP contribution in [0, 0.1) is 5.41 Å². The number of imidazole rings is 1. The maximum absolute atomic E-state index is 7.66. The Bertz CT molecular complexity index is 764. The summed E-state index contributed by atoms with van der Waals surface area (Å²) in [5.41, 5.74) is 8.25. The number of aromatic amines is 1. The number of halogens is 1. The molecule has 0 amide bonds. The van der Waals surface area contributed by atoms with Crippen LogP contribution in [0.5, 0.6) is 0 Å². The van der Waals surface area contributed by atoms with Crippen molar-refractivity contribution in [3.8, 4) is 0 Å². The highest BCUT2D eigenvalue weighted by molar-refractivity contribution is 9.10. The fourth-order valence-corrected chi connectivity index (χ4v) is 3.17. The van der Waals surface area contributed by atoms with E-state index in [4.69, 9.17) is 11.1 Å². The molecule has 20 heavy (non-hydrogen) atoms. The molecule has 0 aliphatic heterocycles. The summed E-state index contributed by atoms with van der Waals surface area (Å²) in [5, 5.41) is 8.45. The molecule has 4 N–H and O–H groups in total. The third-order valence-corrected chi connectivity index (χ3v) is 4.26. The molecule has 0 saturated carbocycles. The average Bonchev–Trinajstić information content (AvgIpc) is 2.82. The molecule has 0 aliphatic rings. The molecule has 0 radical (unpaired) electrons. The van der Waals surface area contributed by atoms with Gasteiger partial charge in [-0.25, -0.2) is 4.98 Å². The second-order valence-electron chi connectivity index (χ2n) is 4.22. The highest BCUT2D eigenvalue weighted by Crippen LogP contribution is 2.31. The first-order valence-electron chi connectivity index (χ1n) is 5.90. The van der Waals surface area contributed by atoms with Crippen LogP contribution < -0.4 is 5.73 Å². The minimum Gasteiger partial charge on any atom is -0.384 e. The molecular weight excluding hydrogens is 336 g/mol. The van der Waals surface area contributed by atoms with Crippen molar-refractivity contribution < 1.29 is 0 Å². The summed E-state index contributed by atoms with van der Waals surface area (Å²) in [6.45, 7) is 0. The maximum Gasteiger partial charge on any atom is 0.171 e. The quantitative estimate of drug-likeness (QED) is 0.499. The number of H-pyrrole nitrogens is 1. The molecule has 3 aromatic rings. The number of nitrogens with one attached hydrogen (secondary N) is 2. The average molecular weight is 347 g/mol. The van der Waals surface area contributed by atoms with Crippen molar-refractivity contribution in [2.24, 2.45) is 5.73 Å². The molecule has 0 bridgehead atoms. The van der Waals surface area contributed by atoms with Crippen LogP contribution in [0.4, 0.5) is 0 Å². The van der Waals surface area contributed by atoms with Crippen molar-refractivity contribution in [3.05, 3.63) is 52.5 Å². The zero-order valence-corrected chi connectivity index (χ0v) is 12.8. The standard InChI is InChI=1S/C14H11BrN4S/c15-8-5-6-12(9(7-8)13(16)17)20-14-18-10-3-1-2-4-11(10)19-14/h1-7H,(H3,16,17)(H,18,19). The van der Waals surface area contributed by atoms with Crippen molar-refractivity contribution in [1.82, 2.24) is 9.97 Å². The van der Waals surface area contributed by atoms with E-state index in [0.717, 1.165) is 25.6 Å². The summed E-state index contributed by atoms with van der Waals surface area (Å²) in [6, 6.07) is 13.6. The van der Waals surface area contributed by atoms with E-state index in [1.165, 1.54) is 11.8 Å². The lowest BCUT2D eigenvalue weighted by atomic mass is 10.2. The minimum absolute atomic E-state index is 0.0462. The van der Waals surface area contributed by atoms with Gasteiger partial charge in [0.15, 0.2) is 5.16 Å². The van der Waals surface area contributed by atoms with Crippen LogP contribution in [0.3, 0.4) is 0 Å². The highest BCUT2D eigenvalue weighted by Gasteiger charge is 2.10. The summed E-state index contributed by atoms with van der Waals surface area (Å²) < 4.78 is 0.900. The van der Waals surface area contributed by atoms with Crippen LogP contribution in [0.1, 0.15) is 5.56 Å². The van der Waals surface area contributed by atoms with Crippen LogP contribution in [0.25, 0.3) is 11.0 Å². The van der Waals surface area contributed by atoms with Gasteiger partial charge in [-0.2, -0.15) is 0 Å². The lowest BCUT2D eigenvalue weighted by Gasteiger charge is -2.06. The predicted octanol–water partition coefficient (Wildman–Crippen LogP) is 3.76. The number of nitrogens with two attached hydrogens (primary N) is 1. The number of aromatic nitrogens is 2. The van der Waals surface area contributed by atoms with Gasteiger partial charge in [-0.3, -0.25) is 5.41 Å². The Morgan fingerprint density at radius 3 is 2.80 bits per heavy atom. The lowest BCUT2D eigenvalue weighted by molar-refractivity contribution is 1.08. The fourth-order valence-electron chi connectivity index (χ4n) is 1.88. The number of nitrogens with zero attached hydrogens (tertiary/aromatic N) is 1. The van der Waals surface area contributed by atoms with Gasteiger partial charge >= 0.3 is 0 Å². The number of nitrogen functional groups attached to an aromatic ring is 1. The molecule has 100 valence electrons. The van der Waals surface area contributed by atoms with Gasteiger partial charge in [0, 0.05) is 14.9 Å². The topological polar surface area (TPSA) is 78.6 Å². The number of rotatable bonds is 3. The molecule has 0 atom stereocenters. The largest absolute Gasteiger partial charge is 0.384 e. The van der Waals surface area contributed by atoms with E-state index in [-0.39, 0.29) is 5.84 Å². The van der Waals surface area contributed by atoms with Crippen molar-refractivity contribution in [3.63, 3.8) is 0 Å². The van der Waals surface area contributed by atoms with Gasteiger partial charge < -0.3 is 10.7 Å². The van der Waals surface area contributed by atoms with Crippen molar-refractivity contribution in [2.75, 3.05) is 0 Å². The number of amidine groups is 1. The van der Waals surface area contributed by atoms with E-state index >= 15 is 0 Å². The van der Waals surface area contributed by atoms with Gasteiger partial charge in [-0.1, -0.05) is 39.8 Å². The summed E-state index contributed by atoms with van der Waals surface area (Å²) in [4.78, 5) is 8.67. The zero-order valence-electron chi connectivity index (χ0n) is 10.4. The van der Waals surface area contributed by atoms with Crippen LogP contribution in [-0.4, -0.2) is 15.8 Å². The Morgan fingerprint density at radius 2 is 2.05 bits per heavy atom. The van der Waals surface area contributed by atoms with Crippen LogP contribution in [0.2, 0.25) is 0 Å². The molecule has 1 heterocycles. The molecule has 3 rings (SSSR count). The van der Waals surface area contributed by atoms with E-state index < -0.39 is 0 Å². The van der Waals surface area contributed by atoms with E-state index in [1.54, 1.807) is 0 Å². The predicted molar refractivity (Wildman–Crippen MR) is 85.4 cm³/mol. The van der Waals surface area contributed by atoms with Crippen LogP contribution >= 0.6 is 27.7 Å². The lowest BCUT2D eigenvalue weighted by Crippen LogP contribution is -2.12. The second kappa shape index (κ2) is 5.30. The Balaban J connectivity index is 2.00. The Kier molecular flexibility index (Phi) is 3.50. The van der Waals surface area contributed by atoms with Crippen LogP contribution in [0.15, 0.2) is 57.0 Å². The normalized spacial score (nSPS) is 10.8. The van der Waals surface area contributed by atoms with E-state index in [1.807, 2.05) is 42.5 Å². The maximum atomic E-state index is 7.66. The molecule has 0 saturated heterocycles. The second-order valence-corrected chi connectivity index (χ2v) is 6.16. The first-order valence-corrected chi connectivity index (χ1v) is 7.51. The molecule has 0 aliphatic carbocycles. The monoisotopic (exact) mass is 346 g/mol. The first kappa shape index (κ1) is 13.2. The molecule has 6 heteroatoms. The smallest absolute Gasteiger partial charge is 0.171 e. The van der Waals surface area contributed by atoms with Crippen LogP contribution in [-0.2, 0) is 0 Å². The number of fused-ring (bicyclic) bond motifs is 1. The molecular formula is C14H11BrN4S. The Morgan fingerprint density at radius 1 is 1.25 bits per heavy atom. The summed E-state index contributed by atoms with van der Waals surface area (Å²) in [5.74, 6) is 0.0462. The summed E-state index contributed by atoms with van der Waals surface area (Å²) in [7, 11) is 0. The number of para-hydroxylation sites is 2. The number of hydrogen-bond donors (Lipinski definition) is 3. The van der Waals surface area contributed by atoms with Gasteiger partial charge in [0.2, 0.25) is 0 Å². The third kappa shape index (κ3) is 2.57. The van der Waals surface area contributed by atoms with Gasteiger partial charge in [-0.15, -0.1) is 0 Å². The first-order chi connectivity index (χ1) is 9.63.